The number of carbonyl (C=O) groups is 1. The molecule has 1 saturated heterocycles. The summed E-state index contributed by atoms with van der Waals surface area (Å²) in [5, 5.41) is 0. The lowest BCUT2D eigenvalue weighted by atomic mass is 9.86. The van der Waals surface area contributed by atoms with E-state index in [0.29, 0.717) is 0 Å². The summed E-state index contributed by atoms with van der Waals surface area (Å²) in [5.41, 5.74) is 1.99. The Morgan fingerprint density at radius 2 is 1.78 bits per heavy atom. The molecule has 0 radical (unpaired) electrons. The van der Waals surface area contributed by atoms with Crippen molar-refractivity contribution in [1.29, 1.82) is 0 Å². The number of methoxy groups -OCH3 is 1. The van der Waals surface area contributed by atoms with E-state index in [-0.39, 0.29) is 17.9 Å². The Hall–Kier alpha value is -2.81. The molecule has 23 heavy (non-hydrogen) atoms. The Labute approximate surface area is 136 Å². The normalized spacial score (nSPS) is 20.4. The fourth-order valence-electron chi connectivity index (χ4n) is 2.79. The first-order valence-corrected chi connectivity index (χ1v) is 7.57. The zero-order valence-corrected chi connectivity index (χ0v) is 13.1. The highest BCUT2D eigenvalue weighted by molar-refractivity contribution is 6.05. The SMILES string of the molecule is C=CC1C(=O)N(c2ccc(OC)cc2)[C@@H]1/C=C/c1ccccc1. The summed E-state index contributed by atoms with van der Waals surface area (Å²) in [6.45, 7) is 3.79. The van der Waals surface area contributed by atoms with Gasteiger partial charge in [-0.25, -0.2) is 0 Å². The standard InChI is InChI=1S/C20H19NO2/c1-3-18-19(14-9-15-7-5-4-6-8-15)21(20(18)22)16-10-12-17(23-2)13-11-16/h3-14,18-19H,1H2,2H3/b14-9+/t18?,19-/m1/s1. The largest absolute Gasteiger partial charge is 0.497 e. The van der Waals surface area contributed by atoms with Gasteiger partial charge >= 0.3 is 0 Å². The van der Waals surface area contributed by atoms with E-state index in [1.807, 2.05) is 60.7 Å². The highest BCUT2D eigenvalue weighted by Gasteiger charge is 2.44. The number of hydrogen-bond donors (Lipinski definition) is 0. The molecule has 1 aliphatic rings. The first-order chi connectivity index (χ1) is 11.2. The van der Waals surface area contributed by atoms with E-state index in [2.05, 4.69) is 12.7 Å². The fourth-order valence-corrected chi connectivity index (χ4v) is 2.79. The maximum Gasteiger partial charge on any atom is 0.236 e. The molecule has 3 nitrogen and oxygen atoms in total. The van der Waals surface area contributed by atoms with Gasteiger partial charge in [-0.15, -0.1) is 6.58 Å². The number of rotatable bonds is 5. The predicted molar refractivity (Wildman–Crippen MR) is 93.4 cm³/mol. The zero-order chi connectivity index (χ0) is 16.2. The first kappa shape index (κ1) is 15.1. The van der Waals surface area contributed by atoms with Crippen molar-refractivity contribution in [1.82, 2.24) is 0 Å². The monoisotopic (exact) mass is 305 g/mol. The molecule has 0 N–H and O–H groups in total. The number of hydrogen-bond acceptors (Lipinski definition) is 2. The lowest BCUT2D eigenvalue weighted by Crippen LogP contribution is -2.59. The molecule has 1 unspecified atom stereocenters. The van der Waals surface area contributed by atoms with Crippen LogP contribution in [-0.2, 0) is 4.79 Å². The second-order valence-electron chi connectivity index (χ2n) is 5.43. The van der Waals surface area contributed by atoms with Crippen LogP contribution in [0, 0.1) is 5.92 Å². The third-order valence-corrected chi connectivity index (χ3v) is 4.08. The summed E-state index contributed by atoms with van der Waals surface area (Å²) >= 11 is 0. The van der Waals surface area contributed by atoms with Crippen LogP contribution in [0.1, 0.15) is 5.56 Å². The van der Waals surface area contributed by atoms with E-state index in [1.54, 1.807) is 18.1 Å². The Morgan fingerprint density at radius 3 is 2.39 bits per heavy atom. The van der Waals surface area contributed by atoms with Crippen molar-refractivity contribution in [2.45, 2.75) is 6.04 Å². The van der Waals surface area contributed by atoms with Crippen molar-refractivity contribution in [3.05, 3.63) is 78.9 Å². The molecule has 2 aromatic carbocycles. The van der Waals surface area contributed by atoms with E-state index in [9.17, 15) is 4.79 Å². The maximum absolute atomic E-state index is 12.4. The predicted octanol–water partition coefficient (Wildman–Crippen LogP) is 3.93. The van der Waals surface area contributed by atoms with Gasteiger partial charge in [0.25, 0.3) is 0 Å². The van der Waals surface area contributed by atoms with Gasteiger partial charge in [0.05, 0.1) is 19.1 Å². The molecule has 116 valence electrons. The average molecular weight is 305 g/mol. The number of β-lactam (4-membered cyclic amide) rings is 1. The van der Waals surface area contributed by atoms with Crippen LogP contribution in [0.25, 0.3) is 6.08 Å². The van der Waals surface area contributed by atoms with Gasteiger partial charge in [-0.3, -0.25) is 4.79 Å². The van der Waals surface area contributed by atoms with Gasteiger partial charge in [0.15, 0.2) is 0 Å². The Morgan fingerprint density at radius 1 is 1.09 bits per heavy atom. The molecule has 1 fully saturated rings. The molecule has 1 aliphatic heterocycles. The summed E-state index contributed by atoms with van der Waals surface area (Å²) in [7, 11) is 1.63. The Bertz CT molecular complexity index is 719. The maximum atomic E-state index is 12.4. The minimum Gasteiger partial charge on any atom is -0.497 e. The number of benzene rings is 2. The number of ether oxygens (including phenoxy) is 1. The molecule has 3 heteroatoms. The molecule has 0 aliphatic carbocycles. The number of nitrogens with zero attached hydrogens (tertiary/aromatic N) is 1. The summed E-state index contributed by atoms with van der Waals surface area (Å²) in [6.07, 6.45) is 5.83. The summed E-state index contributed by atoms with van der Waals surface area (Å²) in [6, 6.07) is 17.6. The van der Waals surface area contributed by atoms with Gasteiger partial charge in [-0.05, 0) is 29.8 Å². The minimum atomic E-state index is -0.169. The topological polar surface area (TPSA) is 29.5 Å². The van der Waals surface area contributed by atoms with Gasteiger partial charge in [-0.2, -0.15) is 0 Å². The lowest BCUT2D eigenvalue weighted by molar-refractivity contribution is -0.126. The first-order valence-electron chi connectivity index (χ1n) is 7.57. The molecule has 2 atom stereocenters. The van der Waals surface area contributed by atoms with Crippen LogP contribution < -0.4 is 9.64 Å². The lowest BCUT2D eigenvalue weighted by Gasteiger charge is -2.44. The van der Waals surface area contributed by atoms with E-state index in [4.69, 9.17) is 4.74 Å². The van der Waals surface area contributed by atoms with Gasteiger partial charge < -0.3 is 9.64 Å². The molecule has 3 rings (SSSR count). The quantitative estimate of drug-likeness (QED) is 0.619. The average Bonchev–Trinajstić information content (AvgIpc) is 2.60. The Balaban J connectivity index is 1.84. The van der Waals surface area contributed by atoms with Gasteiger partial charge in [-0.1, -0.05) is 48.6 Å². The van der Waals surface area contributed by atoms with E-state index >= 15 is 0 Å². The van der Waals surface area contributed by atoms with Crippen LogP contribution in [0.3, 0.4) is 0 Å². The summed E-state index contributed by atoms with van der Waals surface area (Å²) < 4.78 is 5.17. The van der Waals surface area contributed by atoms with Crippen molar-refractivity contribution in [2.75, 3.05) is 12.0 Å². The van der Waals surface area contributed by atoms with Crippen molar-refractivity contribution in [2.24, 2.45) is 5.92 Å². The van der Waals surface area contributed by atoms with Gasteiger partial charge in [0, 0.05) is 5.69 Å². The fraction of sp³-hybridized carbons (Fsp3) is 0.150. The van der Waals surface area contributed by atoms with Crippen LogP contribution in [0.2, 0.25) is 0 Å². The van der Waals surface area contributed by atoms with Crippen molar-refractivity contribution in [3.63, 3.8) is 0 Å². The zero-order valence-electron chi connectivity index (χ0n) is 13.1. The summed E-state index contributed by atoms with van der Waals surface area (Å²) in [4.78, 5) is 14.2. The third-order valence-electron chi connectivity index (χ3n) is 4.08. The molecule has 1 heterocycles. The molecule has 0 aromatic heterocycles. The number of amides is 1. The van der Waals surface area contributed by atoms with Crippen LogP contribution in [0.5, 0.6) is 5.75 Å². The minimum absolute atomic E-state index is 0.00592. The Kier molecular flexibility index (Phi) is 4.29. The number of anilines is 1. The molecule has 2 aromatic rings. The van der Waals surface area contributed by atoms with E-state index < -0.39 is 0 Å². The molecule has 0 bridgehead atoms. The van der Waals surface area contributed by atoms with Crippen molar-refractivity contribution >= 4 is 17.7 Å². The smallest absolute Gasteiger partial charge is 0.236 e. The van der Waals surface area contributed by atoms with Gasteiger partial charge in [0.1, 0.15) is 5.75 Å². The highest BCUT2D eigenvalue weighted by Crippen LogP contribution is 2.35. The molecule has 1 amide bonds. The van der Waals surface area contributed by atoms with E-state index in [0.717, 1.165) is 17.0 Å². The third kappa shape index (κ3) is 2.90. The molecule has 0 spiro atoms. The van der Waals surface area contributed by atoms with Crippen LogP contribution >= 0.6 is 0 Å². The van der Waals surface area contributed by atoms with Gasteiger partial charge in [0.2, 0.25) is 5.91 Å². The molecule has 0 saturated carbocycles. The number of carbonyl (C=O) groups excluding carboxylic acids is 1. The molecular weight excluding hydrogens is 286 g/mol. The highest BCUT2D eigenvalue weighted by atomic mass is 16.5. The van der Waals surface area contributed by atoms with E-state index in [1.165, 1.54) is 0 Å². The molecular formula is C20H19NO2. The van der Waals surface area contributed by atoms with Crippen molar-refractivity contribution < 1.29 is 9.53 Å². The van der Waals surface area contributed by atoms with Crippen LogP contribution in [-0.4, -0.2) is 19.1 Å². The second-order valence-corrected chi connectivity index (χ2v) is 5.43. The van der Waals surface area contributed by atoms with Crippen LogP contribution in [0.15, 0.2) is 73.3 Å². The summed E-state index contributed by atoms with van der Waals surface area (Å²) in [5.74, 6) is 0.684. The second kappa shape index (κ2) is 6.53. The van der Waals surface area contributed by atoms with Crippen LogP contribution in [0.4, 0.5) is 5.69 Å². The van der Waals surface area contributed by atoms with Crippen molar-refractivity contribution in [3.8, 4) is 5.75 Å².